The average Bonchev–Trinajstić information content (AvgIpc) is 2.08. The topological polar surface area (TPSA) is 23.5 Å². The Morgan fingerprint density at radius 2 is 2.15 bits per heavy atom. The zero-order chi connectivity index (χ0) is 9.90. The van der Waals surface area contributed by atoms with Crippen LogP contribution in [0.1, 0.15) is 40.0 Å². The monoisotopic (exact) mass is 185 g/mol. The second-order valence-electron chi connectivity index (χ2n) is 4.77. The van der Waals surface area contributed by atoms with Crippen molar-refractivity contribution in [3.05, 3.63) is 0 Å². The van der Waals surface area contributed by atoms with Gasteiger partial charge in [-0.25, -0.2) is 0 Å². The number of nitrogens with zero attached hydrogens (tertiary/aromatic N) is 1. The van der Waals surface area contributed by atoms with Gasteiger partial charge in [0, 0.05) is 18.7 Å². The summed E-state index contributed by atoms with van der Waals surface area (Å²) in [5, 5.41) is 8.89. The van der Waals surface area contributed by atoms with Crippen LogP contribution >= 0.6 is 0 Å². The molecule has 0 spiro atoms. The Bertz CT molecular complexity index is 156. The van der Waals surface area contributed by atoms with Crippen LogP contribution in [0.2, 0.25) is 0 Å². The van der Waals surface area contributed by atoms with E-state index in [1.165, 1.54) is 19.4 Å². The molecular formula is C11H23NO. The summed E-state index contributed by atoms with van der Waals surface area (Å²) in [5.41, 5.74) is 0.376. The Morgan fingerprint density at radius 3 is 2.69 bits per heavy atom. The molecule has 1 atom stereocenters. The van der Waals surface area contributed by atoms with Crippen molar-refractivity contribution >= 4 is 0 Å². The highest BCUT2D eigenvalue weighted by molar-refractivity contribution is 4.87. The van der Waals surface area contributed by atoms with E-state index < -0.39 is 0 Å². The first-order valence-electron chi connectivity index (χ1n) is 5.46. The quantitative estimate of drug-likeness (QED) is 0.725. The number of rotatable bonds is 3. The van der Waals surface area contributed by atoms with Crippen molar-refractivity contribution in [1.82, 2.24) is 4.90 Å². The maximum Gasteiger partial charge on any atom is 0.0434 e. The highest BCUT2D eigenvalue weighted by Crippen LogP contribution is 2.31. The summed E-state index contributed by atoms with van der Waals surface area (Å²) >= 11 is 0. The molecule has 1 N–H and O–H groups in total. The van der Waals surface area contributed by atoms with Crippen LogP contribution in [0.3, 0.4) is 0 Å². The Kier molecular flexibility index (Phi) is 3.74. The predicted octanol–water partition coefficient (Wildman–Crippen LogP) is 1.88. The molecular weight excluding hydrogens is 162 g/mol. The number of aliphatic hydroxyl groups excluding tert-OH is 1. The molecule has 0 saturated carbocycles. The van der Waals surface area contributed by atoms with Gasteiger partial charge in [0.1, 0.15) is 0 Å². The maximum atomic E-state index is 8.89. The molecule has 13 heavy (non-hydrogen) atoms. The minimum Gasteiger partial charge on any atom is -0.396 e. The largest absolute Gasteiger partial charge is 0.396 e. The first-order valence-corrected chi connectivity index (χ1v) is 5.46. The average molecular weight is 185 g/mol. The van der Waals surface area contributed by atoms with Crippen molar-refractivity contribution in [3.8, 4) is 0 Å². The van der Waals surface area contributed by atoms with Crippen LogP contribution in [-0.2, 0) is 0 Å². The van der Waals surface area contributed by atoms with Gasteiger partial charge in [-0.1, -0.05) is 6.92 Å². The van der Waals surface area contributed by atoms with Crippen molar-refractivity contribution in [1.29, 1.82) is 0 Å². The molecule has 0 radical (unpaired) electrons. The summed E-state index contributed by atoms with van der Waals surface area (Å²) in [6, 6.07) is 0. The van der Waals surface area contributed by atoms with Crippen LogP contribution in [0.15, 0.2) is 0 Å². The Morgan fingerprint density at radius 1 is 1.46 bits per heavy atom. The summed E-state index contributed by atoms with van der Waals surface area (Å²) in [4.78, 5) is 2.54. The van der Waals surface area contributed by atoms with Crippen LogP contribution < -0.4 is 0 Å². The van der Waals surface area contributed by atoms with E-state index in [9.17, 15) is 0 Å². The summed E-state index contributed by atoms with van der Waals surface area (Å²) < 4.78 is 0. The van der Waals surface area contributed by atoms with Crippen LogP contribution in [0.25, 0.3) is 0 Å². The third-order valence-corrected chi connectivity index (χ3v) is 3.42. The molecule has 1 heterocycles. The van der Waals surface area contributed by atoms with Gasteiger partial charge in [-0.15, -0.1) is 0 Å². The first kappa shape index (κ1) is 11.0. The first-order chi connectivity index (χ1) is 6.10. The molecule has 2 nitrogen and oxygen atoms in total. The lowest BCUT2D eigenvalue weighted by molar-refractivity contribution is 0.0423. The zero-order valence-electron chi connectivity index (χ0n) is 9.21. The van der Waals surface area contributed by atoms with Gasteiger partial charge in [-0.3, -0.25) is 4.90 Å². The third kappa shape index (κ3) is 2.68. The van der Waals surface area contributed by atoms with E-state index in [1.54, 1.807) is 0 Å². The van der Waals surface area contributed by atoms with Gasteiger partial charge in [0.25, 0.3) is 0 Å². The van der Waals surface area contributed by atoms with Gasteiger partial charge in [0.15, 0.2) is 0 Å². The van der Waals surface area contributed by atoms with E-state index in [4.69, 9.17) is 5.11 Å². The standard InChI is InChI=1S/C11H23NO/c1-4-12-9-10(6-8-13)5-7-11(12,2)3/h10,13H,4-9H2,1-3H3. The highest BCUT2D eigenvalue weighted by atomic mass is 16.3. The fourth-order valence-corrected chi connectivity index (χ4v) is 2.34. The van der Waals surface area contributed by atoms with Crippen molar-refractivity contribution < 1.29 is 5.11 Å². The number of piperidine rings is 1. The van der Waals surface area contributed by atoms with E-state index >= 15 is 0 Å². The molecule has 0 aliphatic carbocycles. The van der Waals surface area contributed by atoms with Gasteiger partial charge < -0.3 is 5.11 Å². The van der Waals surface area contributed by atoms with E-state index in [1.807, 2.05) is 0 Å². The zero-order valence-corrected chi connectivity index (χ0v) is 9.21. The Balaban J connectivity index is 2.48. The van der Waals surface area contributed by atoms with Crippen LogP contribution in [0.5, 0.6) is 0 Å². The summed E-state index contributed by atoms with van der Waals surface area (Å²) in [5.74, 6) is 0.720. The van der Waals surface area contributed by atoms with Crippen LogP contribution in [0, 0.1) is 5.92 Å². The number of hydrogen-bond donors (Lipinski definition) is 1. The molecule has 0 amide bonds. The molecule has 1 unspecified atom stereocenters. The van der Waals surface area contributed by atoms with Crippen molar-refractivity contribution in [2.75, 3.05) is 19.7 Å². The Labute approximate surface area is 81.9 Å². The SMILES string of the molecule is CCN1CC(CCO)CCC1(C)C. The van der Waals surface area contributed by atoms with Gasteiger partial charge in [0.05, 0.1) is 0 Å². The molecule has 1 fully saturated rings. The summed E-state index contributed by atoms with van der Waals surface area (Å²) in [6.07, 6.45) is 3.53. The molecule has 1 aliphatic heterocycles. The summed E-state index contributed by atoms with van der Waals surface area (Å²) in [7, 11) is 0. The van der Waals surface area contributed by atoms with E-state index in [0.29, 0.717) is 12.1 Å². The second kappa shape index (κ2) is 4.43. The fourth-order valence-electron chi connectivity index (χ4n) is 2.34. The lowest BCUT2D eigenvalue weighted by Gasteiger charge is -2.45. The van der Waals surface area contributed by atoms with E-state index in [2.05, 4.69) is 25.7 Å². The molecule has 0 aromatic rings. The molecule has 1 rings (SSSR count). The van der Waals surface area contributed by atoms with Crippen molar-refractivity contribution in [2.24, 2.45) is 5.92 Å². The number of likely N-dealkylation sites (tertiary alicyclic amines) is 1. The van der Waals surface area contributed by atoms with Gasteiger partial charge in [-0.2, -0.15) is 0 Å². The lowest BCUT2D eigenvalue weighted by Crippen LogP contribution is -2.50. The molecule has 0 aromatic heterocycles. The third-order valence-electron chi connectivity index (χ3n) is 3.42. The normalized spacial score (nSPS) is 29.1. The number of hydrogen-bond acceptors (Lipinski definition) is 2. The van der Waals surface area contributed by atoms with Gasteiger partial charge >= 0.3 is 0 Å². The smallest absolute Gasteiger partial charge is 0.0434 e. The maximum absolute atomic E-state index is 8.89. The van der Waals surface area contributed by atoms with Crippen LogP contribution in [-0.4, -0.2) is 35.2 Å². The lowest BCUT2D eigenvalue weighted by atomic mass is 9.83. The van der Waals surface area contributed by atoms with E-state index in [0.717, 1.165) is 18.9 Å². The van der Waals surface area contributed by atoms with Crippen LogP contribution in [0.4, 0.5) is 0 Å². The molecule has 78 valence electrons. The molecule has 2 heteroatoms. The minimum atomic E-state index is 0.350. The minimum absolute atomic E-state index is 0.350. The molecule has 1 saturated heterocycles. The summed E-state index contributed by atoms with van der Waals surface area (Å²) in [6.45, 7) is 9.53. The highest BCUT2D eigenvalue weighted by Gasteiger charge is 2.32. The van der Waals surface area contributed by atoms with Gasteiger partial charge in [-0.05, 0) is 45.6 Å². The second-order valence-corrected chi connectivity index (χ2v) is 4.77. The molecule has 0 aromatic carbocycles. The predicted molar refractivity (Wildman–Crippen MR) is 55.8 cm³/mol. The Hall–Kier alpha value is -0.0800. The van der Waals surface area contributed by atoms with E-state index in [-0.39, 0.29) is 0 Å². The molecule has 1 aliphatic rings. The van der Waals surface area contributed by atoms with Gasteiger partial charge in [0.2, 0.25) is 0 Å². The fraction of sp³-hybridized carbons (Fsp3) is 1.00. The van der Waals surface area contributed by atoms with Crippen molar-refractivity contribution in [2.45, 2.75) is 45.6 Å². The molecule has 0 bridgehead atoms. The van der Waals surface area contributed by atoms with Crippen molar-refractivity contribution in [3.63, 3.8) is 0 Å². The number of aliphatic hydroxyl groups is 1.